The summed E-state index contributed by atoms with van der Waals surface area (Å²) in [6.07, 6.45) is 3.77. The van der Waals surface area contributed by atoms with Crippen molar-refractivity contribution in [1.82, 2.24) is 10.2 Å². The molecule has 2 N–H and O–H groups in total. The van der Waals surface area contributed by atoms with Crippen LogP contribution in [0.5, 0.6) is 0 Å². The van der Waals surface area contributed by atoms with E-state index in [1.54, 1.807) is 0 Å². The molecule has 1 amide bonds. The number of nitrogens with zero attached hydrogens (tertiary/aromatic N) is 1. The molecule has 23 heavy (non-hydrogen) atoms. The van der Waals surface area contributed by atoms with Crippen LogP contribution < -0.4 is 5.32 Å². The number of carbonyl (C=O) groups excluding carboxylic acids is 1. The third-order valence-corrected chi connectivity index (χ3v) is 3.82. The molecule has 1 aliphatic rings. The normalized spacial score (nSPS) is 19.9. The quantitative estimate of drug-likeness (QED) is 0.634. The van der Waals surface area contributed by atoms with Gasteiger partial charge in [-0.15, -0.1) is 0 Å². The van der Waals surface area contributed by atoms with Crippen molar-refractivity contribution in [1.29, 1.82) is 0 Å². The summed E-state index contributed by atoms with van der Waals surface area (Å²) in [5, 5.41) is 12.1. The Hall–Kier alpha value is -0.850. The van der Waals surface area contributed by atoms with Crippen molar-refractivity contribution in [3.63, 3.8) is 0 Å². The fraction of sp³-hybridized carbons (Fsp3) is 0.941. The van der Waals surface area contributed by atoms with Crippen LogP contribution in [0.1, 0.15) is 53.4 Å². The Kier molecular flexibility index (Phi) is 8.87. The minimum Gasteiger partial charge on any atom is -0.444 e. The molecule has 1 aliphatic heterocycles. The lowest BCUT2D eigenvalue weighted by atomic mass is 10.1. The third kappa shape index (κ3) is 8.53. The molecule has 0 bridgehead atoms. The van der Waals surface area contributed by atoms with Gasteiger partial charge >= 0.3 is 6.09 Å². The van der Waals surface area contributed by atoms with Gasteiger partial charge in [-0.25, -0.2) is 4.79 Å². The zero-order valence-corrected chi connectivity index (χ0v) is 15.1. The van der Waals surface area contributed by atoms with Crippen LogP contribution in [-0.4, -0.2) is 66.7 Å². The maximum atomic E-state index is 12.3. The number of aliphatic hydroxyl groups is 1. The van der Waals surface area contributed by atoms with Gasteiger partial charge in [0.1, 0.15) is 5.60 Å². The summed E-state index contributed by atoms with van der Waals surface area (Å²) in [5.41, 5.74) is -0.442. The summed E-state index contributed by atoms with van der Waals surface area (Å²) in [7, 11) is 0. The molecule has 0 radical (unpaired) electrons. The molecule has 0 aromatic heterocycles. The van der Waals surface area contributed by atoms with E-state index in [1.165, 1.54) is 0 Å². The minimum absolute atomic E-state index is 0.0754. The van der Waals surface area contributed by atoms with Crippen LogP contribution >= 0.6 is 0 Å². The van der Waals surface area contributed by atoms with E-state index in [2.05, 4.69) is 12.2 Å². The predicted molar refractivity (Wildman–Crippen MR) is 90.6 cm³/mol. The number of nitrogens with one attached hydrogen (secondary N) is 1. The first kappa shape index (κ1) is 20.2. The van der Waals surface area contributed by atoms with Crippen molar-refractivity contribution >= 4 is 6.09 Å². The molecule has 2 unspecified atom stereocenters. The highest BCUT2D eigenvalue weighted by Crippen LogP contribution is 2.24. The number of aliphatic hydroxyl groups excluding tert-OH is 1. The van der Waals surface area contributed by atoms with Crippen LogP contribution in [-0.2, 0) is 9.47 Å². The van der Waals surface area contributed by atoms with E-state index >= 15 is 0 Å². The van der Waals surface area contributed by atoms with Crippen molar-refractivity contribution in [3.05, 3.63) is 0 Å². The molecule has 2 atom stereocenters. The molecule has 1 rings (SSSR count). The van der Waals surface area contributed by atoms with E-state index < -0.39 is 5.60 Å². The van der Waals surface area contributed by atoms with Gasteiger partial charge < -0.3 is 24.8 Å². The Labute approximate surface area is 140 Å². The largest absolute Gasteiger partial charge is 0.444 e. The number of carbonyl (C=O) groups is 1. The van der Waals surface area contributed by atoms with Crippen molar-refractivity contribution < 1.29 is 19.4 Å². The van der Waals surface area contributed by atoms with Gasteiger partial charge in [0.05, 0.1) is 13.2 Å². The molecule has 0 aliphatic carbocycles. The molecular weight excluding hydrogens is 296 g/mol. The molecule has 0 aromatic carbocycles. The monoisotopic (exact) mass is 330 g/mol. The highest BCUT2D eigenvalue weighted by molar-refractivity contribution is 5.68. The lowest BCUT2D eigenvalue weighted by Gasteiger charge is -2.30. The van der Waals surface area contributed by atoms with Gasteiger partial charge in [-0.3, -0.25) is 0 Å². The van der Waals surface area contributed by atoms with Crippen LogP contribution in [0.25, 0.3) is 0 Å². The first-order valence-electron chi connectivity index (χ1n) is 8.75. The van der Waals surface area contributed by atoms with Crippen LogP contribution in [0.3, 0.4) is 0 Å². The zero-order valence-electron chi connectivity index (χ0n) is 15.1. The summed E-state index contributed by atoms with van der Waals surface area (Å²) in [6, 6.07) is 0.610. The molecule has 1 saturated heterocycles. The number of hydrogen-bond donors (Lipinski definition) is 2. The second-order valence-electron chi connectivity index (χ2n) is 7.25. The fourth-order valence-corrected chi connectivity index (χ4v) is 2.82. The lowest BCUT2D eigenvalue weighted by Crippen LogP contribution is -2.42. The molecule has 1 fully saturated rings. The molecule has 0 spiro atoms. The molecule has 0 saturated carbocycles. The van der Waals surface area contributed by atoms with E-state index in [9.17, 15) is 4.79 Å². The second kappa shape index (κ2) is 10.1. The van der Waals surface area contributed by atoms with Crippen LogP contribution in [0.4, 0.5) is 4.79 Å². The Morgan fingerprint density at radius 1 is 1.39 bits per heavy atom. The summed E-state index contributed by atoms with van der Waals surface area (Å²) < 4.78 is 10.7. The van der Waals surface area contributed by atoms with Crippen LogP contribution in [0.2, 0.25) is 0 Å². The van der Waals surface area contributed by atoms with Gasteiger partial charge in [-0.2, -0.15) is 0 Å². The Bertz CT molecular complexity index is 344. The number of rotatable bonds is 9. The second-order valence-corrected chi connectivity index (χ2v) is 7.25. The predicted octanol–water partition coefficient (Wildman–Crippen LogP) is 2.15. The zero-order chi connectivity index (χ0) is 17.3. The summed E-state index contributed by atoms with van der Waals surface area (Å²) in [6.45, 7) is 10.7. The molecule has 136 valence electrons. The average Bonchev–Trinajstić information content (AvgIpc) is 2.89. The van der Waals surface area contributed by atoms with Crippen molar-refractivity contribution in [2.75, 3.05) is 32.9 Å². The van der Waals surface area contributed by atoms with Crippen LogP contribution in [0.15, 0.2) is 0 Å². The van der Waals surface area contributed by atoms with Gasteiger partial charge in [0.15, 0.2) is 0 Å². The van der Waals surface area contributed by atoms with E-state index in [0.29, 0.717) is 19.3 Å². The topological polar surface area (TPSA) is 71.0 Å². The Balaban J connectivity index is 2.27. The van der Waals surface area contributed by atoms with Crippen molar-refractivity contribution in [2.45, 2.75) is 71.1 Å². The van der Waals surface area contributed by atoms with E-state index in [4.69, 9.17) is 14.6 Å². The van der Waals surface area contributed by atoms with Gasteiger partial charge in [-0.1, -0.05) is 0 Å². The molecule has 6 heteroatoms. The van der Waals surface area contributed by atoms with Crippen molar-refractivity contribution in [2.24, 2.45) is 0 Å². The molecule has 0 aromatic rings. The first-order valence-corrected chi connectivity index (χ1v) is 8.75. The molecule has 1 heterocycles. The number of amides is 1. The standard InChI is InChI=1S/C17H34N2O4/c1-14(18-8-6-11-22-12-10-20)13-15-7-5-9-19(15)16(21)23-17(2,3)4/h14-15,18,20H,5-13H2,1-4H3. The third-order valence-electron chi connectivity index (χ3n) is 3.82. The van der Waals surface area contributed by atoms with Crippen molar-refractivity contribution in [3.8, 4) is 0 Å². The maximum absolute atomic E-state index is 12.3. The van der Waals surface area contributed by atoms with Gasteiger partial charge in [0.2, 0.25) is 0 Å². The van der Waals surface area contributed by atoms with Gasteiger partial charge in [-0.05, 0) is 59.9 Å². The Morgan fingerprint density at radius 2 is 2.13 bits per heavy atom. The minimum atomic E-state index is -0.442. The van der Waals surface area contributed by atoms with E-state index in [-0.39, 0.29) is 18.7 Å². The van der Waals surface area contributed by atoms with E-state index in [1.807, 2.05) is 25.7 Å². The summed E-state index contributed by atoms with van der Waals surface area (Å²) in [5.74, 6) is 0. The SMILES string of the molecule is CC(CC1CCCN1C(=O)OC(C)(C)C)NCCCOCCO. The Morgan fingerprint density at radius 3 is 2.78 bits per heavy atom. The molecule has 6 nitrogen and oxygen atoms in total. The summed E-state index contributed by atoms with van der Waals surface area (Å²) in [4.78, 5) is 14.1. The highest BCUT2D eigenvalue weighted by Gasteiger charge is 2.32. The highest BCUT2D eigenvalue weighted by atomic mass is 16.6. The average molecular weight is 330 g/mol. The first-order chi connectivity index (χ1) is 10.8. The number of likely N-dealkylation sites (tertiary alicyclic amines) is 1. The van der Waals surface area contributed by atoms with Gasteiger partial charge in [0.25, 0.3) is 0 Å². The smallest absolute Gasteiger partial charge is 0.410 e. The number of ether oxygens (including phenoxy) is 2. The maximum Gasteiger partial charge on any atom is 0.410 e. The van der Waals surface area contributed by atoms with Crippen LogP contribution in [0, 0.1) is 0 Å². The number of hydrogen-bond acceptors (Lipinski definition) is 5. The summed E-state index contributed by atoms with van der Waals surface area (Å²) >= 11 is 0. The molecular formula is C17H34N2O4. The fourth-order valence-electron chi connectivity index (χ4n) is 2.82. The lowest BCUT2D eigenvalue weighted by molar-refractivity contribution is 0.0214. The van der Waals surface area contributed by atoms with E-state index in [0.717, 1.165) is 38.8 Å². The van der Waals surface area contributed by atoms with Gasteiger partial charge in [0, 0.05) is 25.2 Å².